The first-order valence-corrected chi connectivity index (χ1v) is 5.83. The van der Waals surface area contributed by atoms with Gasteiger partial charge in [0.25, 0.3) is 0 Å². The number of benzene rings is 1. The Balaban J connectivity index is 2.15. The van der Waals surface area contributed by atoms with Gasteiger partial charge in [-0.1, -0.05) is 0 Å². The van der Waals surface area contributed by atoms with Crippen molar-refractivity contribution < 1.29 is 19.3 Å². The lowest BCUT2D eigenvalue weighted by molar-refractivity contribution is 0.174. The van der Waals surface area contributed by atoms with E-state index in [9.17, 15) is 5.11 Å². The molecule has 5 nitrogen and oxygen atoms in total. The highest BCUT2D eigenvalue weighted by atomic mass is 16.7. The highest BCUT2D eigenvalue weighted by Gasteiger charge is 2.19. The second-order valence-corrected chi connectivity index (χ2v) is 4.21. The molecule has 0 radical (unpaired) electrons. The summed E-state index contributed by atoms with van der Waals surface area (Å²) in [6.07, 6.45) is 0. The van der Waals surface area contributed by atoms with Gasteiger partial charge < -0.3 is 19.3 Å². The lowest BCUT2D eigenvalue weighted by Crippen LogP contribution is -1.93. The van der Waals surface area contributed by atoms with Crippen molar-refractivity contribution >= 4 is 0 Å². The summed E-state index contributed by atoms with van der Waals surface area (Å²) in [5, 5.41) is 9.53. The van der Waals surface area contributed by atoms with Gasteiger partial charge in [-0.15, -0.1) is 0 Å². The summed E-state index contributed by atoms with van der Waals surface area (Å²) in [6, 6.07) is 6.96. The van der Waals surface area contributed by atoms with E-state index in [-0.39, 0.29) is 12.5 Å². The summed E-state index contributed by atoms with van der Waals surface area (Å²) >= 11 is 0. The molecule has 0 unspecified atom stereocenters. The Kier molecular flexibility index (Phi) is 2.67. The Hall–Kier alpha value is -2.43. The first-order chi connectivity index (χ1) is 9.19. The van der Waals surface area contributed by atoms with Gasteiger partial charge in [-0.25, -0.2) is 4.98 Å². The van der Waals surface area contributed by atoms with Crippen molar-refractivity contribution in [3.8, 4) is 34.3 Å². The first kappa shape index (κ1) is 11.6. The molecule has 0 bridgehead atoms. The SMILES string of the molecule is COc1cc2c(cc1-c1ccc(O)c(C)n1)OCO2. The molecule has 0 saturated heterocycles. The third kappa shape index (κ3) is 1.93. The van der Waals surface area contributed by atoms with E-state index in [1.165, 1.54) is 0 Å². The minimum atomic E-state index is 0.170. The Morgan fingerprint density at radius 1 is 1.21 bits per heavy atom. The summed E-state index contributed by atoms with van der Waals surface area (Å²) in [7, 11) is 1.59. The summed E-state index contributed by atoms with van der Waals surface area (Å²) in [5.41, 5.74) is 2.08. The number of aromatic nitrogens is 1. The molecule has 19 heavy (non-hydrogen) atoms. The number of pyridine rings is 1. The number of aryl methyl sites for hydroxylation is 1. The summed E-state index contributed by atoms with van der Waals surface area (Å²) in [6.45, 7) is 1.96. The van der Waals surface area contributed by atoms with Crippen molar-refractivity contribution in [2.24, 2.45) is 0 Å². The van der Waals surface area contributed by atoms with E-state index < -0.39 is 0 Å². The van der Waals surface area contributed by atoms with Crippen LogP contribution in [0.4, 0.5) is 0 Å². The fourth-order valence-electron chi connectivity index (χ4n) is 2.00. The quantitative estimate of drug-likeness (QED) is 0.897. The fraction of sp³-hybridized carbons (Fsp3) is 0.214. The first-order valence-electron chi connectivity index (χ1n) is 5.83. The van der Waals surface area contributed by atoms with Gasteiger partial charge in [-0.3, -0.25) is 0 Å². The minimum Gasteiger partial charge on any atom is -0.506 e. The van der Waals surface area contributed by atoms with Crippen LogP contribution in [0.1, 0.15) is 5.69 Å². The van der Waals surface area contributed by atoms with Crippen LogP contribution in [0.3, 0.4) is 0 Å². The Bertz CT molecular complexity index is 640. The van der Waals surface area contributed by atoms with Crippen LogP contribution >= 0.6 is 0 Å². The molecule has 0 saturated carbocycles. The molecule has 0 atom stereocenters. The third-order valence-electron chi connectivity index (χ3n) is 3.03. The largest absolute Gasteiger partial charge is 0.506 e. The van der Waals surface area contributed by atoms with Gasteiger partial charge in [0.2, 0.25) is 6.79 Å². The number of fused-ring (bicyclic) bond motifs is 1. The summed E-state index contributed by atoms with van der Waals surface area (Å²) in [5.74, 6) is 2.16. The fourth-order valence-corrected chi connectivity index (χ4v) is 2.00. The maximum Gasteiger partial charge on any atom is 0.231 e. The second kappa shape index (κ2) is 4.35. The maximum atomic E-state index is 9.53. The lowest BCUT2D eigenvalue weighted by atomic mass is 10.1. The number of nitrogens with zero attached hydrogens (tertiary/aromatic N) is 1. The zero-order valence-electron chi connectivity index (χ0n) is 10.6. The second-order valence-electron chi connectivity index (χ2n) is 4.21. The monoisotopic (exact) mass is 259 g/mol. The summed E-state index contributed by atoms with van der Waals surface area (Å²) < 4.78 is 16.0. The van der Waals surface area contributed by atoms with Crippen LogP contribution in [-0.2, 0) is 0 Å². The van der Waals surface area contributed by atoms with Crippen LogP contribution in [-0.4, -0.2) is 24.0 Å². The van der Waals surface area contributed by atoms with E-state index >= 15 is 0 Å². The Morgan fingerprint density at radius 3 is 2.63 bits per heavy atom. The molecule has 0 fully saturated rings. The van der Waals surface area contributed by atoms with Crippen LogP contribution in [0.2, 0.25) is 0 Å². The van der Waals surface area contributed by atoms with Gasteiger partial charge in [-0.2, -0.15) is 0 Å². The molecule has 3 rings (SSSR count). The minimum absolute atomic E-state index is 0.170. The Morgan fingerprint density at radius 2 is 1.95 bits per heavy atom. The predicted octanol–water partition coefficient (Wildman–Crippen LogP) is 2.50. The smallest absolute Gasteiger partial charge is 0.231 e. The molecule has 1 N–H and O–H groups in total. The van der Waals surface area contributed by atoms with Crippen LogP contribution in [0.15, 0.2) is 24.3 Å². The number of aromatic hydroxyl groups is 1. The zero-order valence-corrected chi connectivity index (χ0v) is 10.6. The zero-order chi connectivity index (χ0) is 13.4. The number of ether oxygens (including phenoxy) is 3. The van der Waals surface area contributed by atoms with Crippen molar-refractivity contribution in [1.82, 2.24) is 4.98 Å². The van der Waals surface area contributed by atoms with Crippen molar-refractivity contribution in [2.75, 3.05) is 13.9 Å². The lowest BCUT2D eigenvalue weighted by Gasteiger charge is -2.10. The van der Waals surface area contributed by atoms with Gasteiger partial charge in [-0.05, 0) is 25.1 Å². The highest BCUT2D eigenvalue weighted by Crippen LogP contribution is 2.42. The van der Waals surface area contributed by atoms with E-state index in [4.69, 9.17) is 14.2 Å². The molecule has 1 aromatic heterocycles. The highest BCUT2D eigenvalue weighted by molar-refractivity contribution is 5.72. The standard InChI is InChI=1S/C14H13NO4/c1-8-11(16)4-3-10(15-8)9-5-13-14(19-7-18-13)6-12(9)17-2/h3-6,16H,7H2,1-2H3. The molecule has 2 aromatic rings. The van der Waals surface area contributed by atoms with Gasteiger partial charge in [0.15, 0.2) is 11.5 Å². The third-order valence-corrected chi connectivity index (χ3v) is 3.03. The molecule has 0 amide bonds. The number of hydrogen-bond acceptors (Lipinski definition) is 5. The molecule has 1 aliphatic rings. The van der Waals surface area contributed by atoms with Crippen LogP contribution < -0.4 is 14.2 Å². The molecular weight excluding hydrogens is 246 g/mol. The molecule has 5 heteroatoms. The van der Waals surface area contributed by atoms with Crippen LogP contribution in [0, 0.1) is 6.92 Å². The molecule has 2 heterocycles. The predicted molar refractivity (Wildman–Crippen MR) is 68.7 cm³/mol. The van der Waals surface area contributed by atoms with Crippen molar-refractivity contribution in [3.63, 3.8) is 0 Å². The van der Waals surface area contributed by atoms with Crippen LogP contribution in [0.5, 0.6) is 23.0 Å². The van der Waals surface area contributed by atoms with E-state index in [1.54, 1.807) is 32.2 Å². The van der Waals surface area contributed by atoms with Gasteiger partial charge in [0.1, 0.15) is 11.5 Å². The average Bonchev–Trinajstić information content (AvgIpc) is 2.87. The molecule has 98 valence electrons. The molecular formula is C14H13NO4. The van der Waals surface area contributed by atoms with Crippen molar-refractivity contribution in [2.45, 2.75) is 6.92 Å². The molecule has 1 aromatic carbocycles. The average molecular weight is 259 g/mol. The Labute approximate surface area is 110 Å². The van der Waals surface area contributed by atoms with Gasteiger partial charge in [0.05, 0.1) is 18.5 Å². The van der Waals surface area contributed by atoms with Crippen LogP contribution in [0.25, 0.3) is 11.3 Å². The van der Waals surface area contributed by atoms with Gasteiger partial charge >= 0.3 is 0 Å². The number of rotatable bonds is 2. The maximum absolute atomic E-state index is 9.53. The summed E-state index contributed by atoms with van der Waals surface area (Å²) in [4.78, 5) is 4.35. The van der Waals surface area contributed by atoms with Crippen molar-refractivity contribution in [1.29, 1.82) is 0 Å². The number of methoxy groups -OCH3 is 1. The van der Waals surface area contributed by atoms with E-state index in [1.807, 2.05) is 6.07 Å². The molecule has 1 aliphatic heterocycles. The number of hydrogen-bond donors (Lipinski definition) is 1. The van der Waals surface area contributed by atoms with Crippen molar-refractivity contribution in [3.05, 3.63) is 30.0 Å². The van der Waals surface area contributed by atoms with E-state index in [0.717, 1.165) is 5.56 Å². The topological polar surface area (TPSA) is 60.8 Å². The van der Waals surface area contributed by atoms with E-state index in [2.05, 4.69) is 4.98 Å². The normalized spacial score (nSPS) is 12.5. The molecule has 0 spiro atoms. The molecule has 0 aliphatic carbocycles. The van der Waals surface area contributed by atoms with E-state index in [0.29, 0.717) is 28.6 Å². The van der Waals surface area contributed by atoms with Gasteiger partial charge in [0, 0.05) is 11.6 Å².